The van der Waals surface area contributed by atoms with Crippen molar-refractivity contribution in [3.8, 4) is 0 Å². The zero-order valence-corrected chi connectivity index (χ0v) is 13.9. The van der Waals surface area contributed by atoms with Crippen LogP contribution in [0, 0.1) is 22.0 Å². The number of imide groups is 1. The van der Waals surface area contributed by atoms with Gasteiger partial charge in [0.05, 0.1) is 0 Å². The molecule has 0 N–H and O–H groups in total. The van der Waals surface area contributed by atoms with Gasteiger partial charge in [0.2, 0.25) is 12.5 Å². The van der Waals surface area contributed by atoms with Crippen molar-refractivity contribution in [1.82, 2.24) is 4.90 Å². The summed E-state index contributed by atoms with van der Waals surface area (Å²) in [6.07, 6.45) is -0.151. The van der Waals surface area contributed by atoms with Gasteiger partial charge in [-0.2, -0.15) is 0 Å². The van der Waals surface area contributed by atoms with E-state index in [0.717, 1.165) is 10.5 Å². The lowest BCUT2D eigenvalue weighted by Gasteiger charge is -2.22. The third-order valence-corrected chi connectivity index (χ3v) is 4.00. The van der Waals surface area contributed by atoms with Crippen LogP contribution >= 0.6 is 0 Å². The van der Waals surface area contributed by atoms with E-state index in [0.29, 0.717) is 6.42 Å². The Morgan fingerprint density at radius 2 is 2.04 bits per heavy atom. The summed E-state index contributed by atoms with van der Waals surface area (Å²) in [6, 6.07) is 8.69. The smallest absolute Gasteiger partial charge is 0.417 e. The van der Waals surface area contributed by atoms with Crippen LogP contribution in [0.1, 0.15) is 38.3 Å². The maximum atomic E-state index is 12.6. The maximum Gasteiger partial charge on any atom is 0.417 e. The Kier molecular flexibility index (Phi) is 5.89. The van der Waals surface area contributed by atoms with Crippen LogP contribution in [0.2, 0.25) is 0 Å². The minimum absolute atomic E-state index is 0.0302. The summed E-state index contributed by atoms with van der Waals surface area (Å²) in [7, 11) is 0. The second-order valence-corrected chi connectivity index (χ2v) is 6.48. The number of hydrogen-bond donors (Lipinski definition) is 0. The molecule has 1 heterocycles. The molecular formula is C17H22N2O5. The van der Waals surface area contributed by atoms with Crippen molar-refractivity contribution in [1.29, 1.82) is 0 Å². The molecule has 0 spiro atoms. The van der Waals surface area contributed by atoms with Gasteiger partial charge >= 0.3 is 6.09 Å². The molecule has 2 atom stereocenters. The Morgan fingerprint density at radius 3 is 2.62 bits per heavy atom. The van der Waals surface area contributed by atoms with Crippen LogP contribution in [0.15, 0.2) is 30.3 Å². The van der Waals surface area contributed by atoms with Gasteiger partial charge in [0, 0.05) is 17.3 Å². The molecular weight excluding hydrogens is 312 g/mol. The number of carbonyl (C=O) groups excluding carboxylic acids is 2. The van der Waals surface area contributed by atoms with E-state index < -0.39 is 28.9 Å². The van der Waals surface area contributed by atoms with Crippen molar-refractivity contribution >= 4 is 12.0 Å². The summed E-state index contributed by atoms with van der Waals surface area (Å²) in [5.41, 5.74) is 0.811. The van der Waals surface area contributed by atoms with E-state index >= 15 is 0 Å². The van der Waals surface area contributed by atoms with Gasteiger partial charge in [-0.05, 0) is 17.9 Å². The summed E-state index contributed by atoms with van der Waals surface area (Å²) in [4.78, 5) is 36.1. The van der Waals surface area contributed by atoms with Crippen molar-refractivity contribution in [2.45, 2.75) is 32.7 Å². The second kappa shape index (κ2) is 7.90. The molecule has 1 aliphatic rings. The van der Waals surface area contributed by atoms with E-state index in [9.17, 15) is 19.7 Å². The molecule has 1 fully saturated rings. The van der Waals surface area contributed by atoms with Crippen molar-refractivity contribution in [2.24, 2.45) is 11.8 Å². The summed E-state index contributed by atoms with van der Waals surface area (Å²) < 4.78 is 5.03. The van der Waals surface area contributed by atoms with Gasteiger partial charge in [-0.25, -0.2) is 9.69 Å². The van der Waals surface area contributed by atoms with Gasteiger partial charge in [0.25, 0.3) is 0 Å². The molecule has 0 radical (unpaired) electrons. The van der Waals surface area contributed by atoms with Gasteiger partial charge in [-0.1, -0.05) is 44.2 Å². The summed E-state index contributed by atoms with van der Waals surface area (Å²) in [5.74, 6) is -0.575. The number of benzene rings is 1. The van der Waals surface area contributed by atoms with Crippen LogP contribution in [-0.2, 0) is 9.53 Å². The average molecular weight is 334 g/mol. The number of rotatable bonds is 7. The molecule has 0 aromatic heterocycles. The average Bonchev–Trinajstić information content (AvgIpc) is 2.88. The third-order valence-electron chi connectivity index (χ3n) is 4.00. The van der Waals surface area contributed by atoms with Crippen molar-refractivity contribution in [2.75, 3.05) is 13.2 Å². The largest absolute Gasteiger partial charge is 0.446 e. The number of carbonyl (C=O) groups is 2. The molecule has 0 aliphatic carbocycles. The lowest BCUT2D eigenvalue weighted by Crippen LogP contribution is -2.36. The molecule has 24 heavy (non-hydrogen) atoms. The van der Waals surface area contributed by atoms with Crippen molar-refractivity contribution in [3.05, 3.63) is 46.0 Å². The van der Waals surface area contributed by atoms with Gasteiger partial charge in [0.1, 0.15) is 12.6 Å². The molecule has 0 saturated carbocycles. The van der Waals surface area contributed by atoms with Crippen LogP contribution < -0.4 is 0 Å². The van der Waals surface area contributed by atoms with Gasteiger partial charge in [-0.15, -0.1) is 0 Å². The number of nitrogens with zero attached hydrogens (tertiary/aromatic N) is 2. The molecule has 1 saturated heterocycles. The molecule has 0 bridgehead atoms. The number of cyclic esters (lactones) is 1. The maximum absolute atomic E-state index is 12.6. The Balaban J connectivity index is 2.12. The highest BCUT2D eigenvalue weighted by Crippen LogP contribution is 2.29. The first-order valence-corrected chi connectivity index (χ1v) is 8.04. The summed E-state index contributed by atoms with van der Waals surface area (Å²) in [6.45, 7) is 3.74. The van der Waals surface area contributed by atoms with Gasteiger partial charge < -0.3 is 4.74 Å². The number of amides is 2. The fourth-order valence-corrected chi connectivity index (χ4v) is 3.06. The monoisotopic (exact) mass is 334 g/mol. The molecule has 7 nitrogen and oxygen atoms in total. The minimum atomic E-state index is -0.682. The van der Waals surface area contributed by atoms with Crippen LogP contribution in [0.5, 0.6) is 0 Å². The molecule has 1 aromatic carbocycles. The van der Waals surface area contributed by atoms with Gasteiger partial charge in [-0.3, -0.25) is 14.9 Å². The highest BCUT2D eigenvalue weighted by Gasteiger charge is 2.39. The Hall–Kier alpha value is -2.44. The van der Waals surface area contributed by atoms with Crippen molar-refractivity contribution < 1.29 is 19.2 Å². The van der Waals surface area contributed by atoms with Gasteiger partial charge in [0.15, 0.2) is 0 Å². The van der Waals surface area contributed by atoms with E-state index in [4.69, 9.17) is 4.74 Å². The molecule has 7 heteroatoms. The molecule has 1 aromatic rings. The molecule has 0 unspecified atom stereocenters. The minimum Gasteiger partial charge on any atom is -0.446 e. The third kappa shape index (κ3) is 4.53. The molecule has 1 aliphatic heterocycles. The summed E-state index contributed by atoms with van der Waals surface area (Å²) in [5, 5.41) is 10.8. The highest BCUT2D eigenvalue weighted by atomic mass is 16.6. The van der Waals surface area contributed by atoms with E-state index in [2.05, 4.69) is 0 Å². The first-order chi connectivity index (χ1) is 11.4. The Labute approximate surface area is 140 Å². The topological polar surface area (TPSA) is 89.8 Å². The molecule has 130 valence electrons. The summed E-state index contributed by atoms with van der Waals surface area (Å²) >= 11 is 0. The van der Waals surface area contributed by atoms with E-state index in [1.807, 2.05) is 44.2 Å². The quantitative estimate of drug-likeness (QED) is 0.565. The fourth-order valence-electron chi connectivity index (χ4n) is 3.06. The Morgan fingerprint density at radius 1 is 1.38 bits per heavy atom. The van der Waals surface area contributed by atoms with Crippen LogP contribution in [-0.4, -0.2) is 35.0 Å². The Bertz CT molecular complexity index is 602. The number of ether oxygens (including phenoxy) is 1. The first kappa shape index (κ1) is 17.9. The first-order valence-electron chi connectivity index (χ1n) is 8.04. The second-order valence-electron chi connectivity index (χ2n) is 6.48. The lowest BCUT2D eigenvalue weighted by atomic mass is 9.93. The number of nitro groups is 1. The normalized spacial score (nSPS) is 18.5. The molecule has 2 rings (SSSR count). The van der Waals surface area contributed by atoms with Crippen LogP contribution in [0.25, 0.3) is 0 Å². The number of hydrogen-bond acceptors (Lipinski definition) is 5. The predicted molar refractivity (Wildman–Crippen MR) is 86.8 cm³/mol. The van der Waals surface area contributed by atoms with Crippen LogP contribution in [0.4, 0.5) is 4.79 Å². The zero-order valence-electron chi connectivity index (χ0n) is 13.9. The van der Waals surface area contributed by atoms with Crippen LogP contribution in [0.3, 0.4) is 0 Å². The lowest BCUT2D eigenvalue weighted by molar-refractivity contribution is -0.488. The van der Waals surface area contributed by atoms with E-state index in [-0.39, 0.29) is 25.5 Å². The highest BCUT2D eigenvalue weighted by molar-refractivity contribution is 5.93. The zero-order chi connectivity index (χ0) is 17.7. The standard InChI is InChI=1S/C17H22N2O5/c1-12(2)8-13(10-18(22)23)9-16(20)19-15(11-24-17(19)21)14-6-4-3-5-7-14/h3-7,12-13,15H,8-11H2,1-2H3/t13-,15-/m0/s1. The van der Waals surface area contributed by atoms with Crippen molar-refractivity contribution in [3.63, 3.8) is 0 Å². The molecule has 2 amide bonds. The fraction of sp³-hybridized carbons (Fsp3) is 0.529. The predicted octanol–water partition coefficient (Wildman–Crippen LogP) is 3.04. The SMILES string of the molecule is CC(C)C[C@@H](CC(=O)N1C(=O)OC[C@H]1c1ccccc1)C[N+](=O)[O-]. The van der Waals surface area contributed by atoms with E-state index in [1.54, 1.807) is 0 Å². The van der Waals surface area contributed by atoms with E-state index in [1.165, 1.54) is 0 Å².